The molecule has 0 spiro atoms. The van der Waals surface area contributed by atoms with E-state index in [4.69, 9.17) is 16.3 Å². The molecule has 1 saturated heterocycles. The van der Waals surface area contributed by atoms with Crippen molar-refractivity contribution in [2.45, 2.75) is 18.9 Å². The molecule has 3 aromatic rings. The quantitative estimate of drug-likeness (QED) is 0.613. The van der Waals surface area contributed by atoms with Crippen LogP contribution in [0.5, 0.6) is 0 Å². The van der Waals surface area contributed by atoms with Gasteiger partial charge < -0.3 is 10.1 Å². The molecular weight excluding hydrogens is 392 g/mol. The lowest BCUT2D eigenvalue weighted by Crippen LogP contribution is -2.34. The lowest BCUT2D eigenvalue weighted by Gasteiger charge is -2.32. The van der Waals surface area contributed by atoms with Crippen molar-refractivity contribution in [3.63, 3.8) is 0 Å². The number of rotatable bonds is 5. The minimum atomic E-state index is -0.104. The molecule has 144 valence electrons. The molecule has 4 nitrogen and oxygen atoms in total. The highest BCUT2D eigenvalue weighted by atomic mass is 35.5. The number of amides is 1. The molecule has 6 heteroatoms. The number of ether oxygens (including phenoxy) is 1. The van der Waals surface area contributed by atoms with E-state index in [1.165, 1.54) is 16.9 Å². The number of aromatic nitrogens is 1. The highest BCUT2D eigenvalue weighted by molar-refractivity contribution is 7.17. The standard InChI is InChI=1S/C22H21ClN2O2S/c23-18-11-5-4-10-17(18)22-25-14-19(28-22)21(26)24-13-16-9-6-12-27-20(16)15-7-2-1-3-8-15/h1-5,7-8,10-11,14,16,20H,6,9,12-13H2,(H,24,26). The number of nitrogens with one attached hydrogen (secondary N) is 1. The largest absolute Gasteiger partial charge is 0.373 e. The minimum Gasteiger partial charge on any atom is -0.373 e. The number of thiazole rings is 1. The Bertz CT molecular complexity index is 944. The Morgan fingerprint density at radius 3 is 2.79 bits per heavy atom. The molecular formula is C22H21ClN2O2S. The van der Waals surface area contributed by atoms with Crippen molar-refractivity contribution in [1.29, 1.82) is 0 Å². The van der Waals surface area contributed by atoms with E-state index in [1.54, 1.807) is 6.20 Å². The smallest absolute Gasteiger partial charge is 0.263 e. The molecule has 1 fully saturated rings. The molecule has 28 heavy (non-hydrogen) atoms. The van der Waals surface area contributed by atoms with E-state index in [2.05, 4.69) is 22.4 Å². The summed E-state index contributed by atoms with van der Waals surface area (Å²) < 4.78 is 6.01. The van der Waals surface area contributed by atoms with Crippen molar-refractivity contribution in [1.82, 2.24) is 10.3 Å². The van der Waals surface area contributed by atoms with E-state index in [9.17, 15) is 4.79 Å². The molecule has 1 N–H and O–H groups in total. The van der Waals surface area contributed by atoms with Crippen LogP contribution in [-0.2, 0) is 4.74 Å². The van der Waals surface area contributed by atoms with Crippen molar-refractivity contribution < 1.29 is 9.53 Å². The van der Waals surface area contributed by atoms with Crippen molar-refractivity contribution in [3.8, 4) is 10.6 Å². The predicted octanol–water partition coefficient (Wildman–Crippen LogP) is 5.36. The summed E-state index contributed by atoms with van der Waals surface area (Å²) in [6.45, 7) is 1.35. The Morgan fingerprint density at radius 1 is 1.18 bits per heavy atom. The summed E-state index contributed by atoms with van der Waals surface area (Å²) in [5.41, 5.74) is 2.01. The zero-order valence-electron chi connectivity index (χ0n) is 15.3. The normalized spacial score (nSPS) is 19.3. The lowest BCUT2D eigenvalue weighted by molar-refractivity contribution is -0.0272. The summed E-state index contributed by atoms with van der Waals surface area (Å²) in [4.78, 5) is 17.6. The van der Waals surface area contributed by atoms with Crippen LogP contribution in [0.4, 0.5) is 0 Å². The molecule has 1 aliphatic heterocycles. The van der Waals surface area contributed by atoms with Gasteiger partial charge in [-0.15, -0.1) is 11.3 Å². The van der Waals surface area contributed by atoms with E-state index >= 15 is 0 Å². The minimum absolute atomic E-state index is 0.0235. The second kappa shape index (κ2) is 8.86. The predicted molar refractivity (Wildman–Crippen MR) is 113 cm³/mol. The maximum atomic E-state index is 12.6. The first-order valence-corrected chi connectivity index (χ1v) is 10.6. The highest BCUT2D eigenvalue weighted by Gasteiger charge is 2.28. The molecule has 1 amide bonds. The van der Waals surface area contributed by atoms with Crippen molar-refractivity contribution in [3.05, 3.63) is 76.3 Å². The maximum absolute atomic E-state index is 12.6. The summed E-state index contributed by atoms with van der Waals surface area (Å²) in [7, 11) is 0. The Kier molecular flexibility index (Phi) is 6.05. The maximum Gasteiger partial charge on any atom is 0.263 e. The first kappa shape index (κ1) is 19.1. The van der Waals surface area contributed by atoms with Crippen LogP contribution in [-0.4, -0.2) is 24.0 Å². The number of hydrogen-bond acceptors (Lipinski definition) is 4. The van der Waals surface area contributed by atoms with Crippen LogP contribution in [0.15, 0.2) is 60.8 Å². The second-order valence-corrected chi connectivity index (χ2v) is 8.26. The van der Waals surface area contributed by atoms with Crippen LogP contribution >= 0.6 is 22.9 Å². The van der Waals surface area contributed by atoms with E-state index in [-0.39, 0.29) is 17.9 Å². The lowest BCUT2D eigenvalue weighted by atomic mass is 9.89. The van der Waals surface area contributed by atoms with Crippen molar-refractivity contribution >= 4 is 28.8 Å². The van der Waals surface area contributed by atoms with Gasteiger partial charge in [0.1, 0.15) is 9.88 Å². The molecule has 4 rings (SSSR count). The van der Waals surface area contributed by atoms with Gasteiger partial charge >= 0.3 is 0 Å². The highest BCUT2D eigenvalue weighted by Crippen LogP contribution is 2.34. The molecule has 0 saturated carbocycles. The fourth-order valence-corrected chi connectivity index (χ4v) is 4.67. The molecule has 2 unspecified atom stereocenters. The topological polar surface area (TPSA) is 51.2 Å². The summed E-state index contributed by atoms with van der Waals surface area (Å²) in [5, 5.41) is 4.45. The first-order valence-electron chi connectivity index (χ1n) is 9.38. The summed E-state index contributed by atoms with van der Waals surface area (Å²) in [5.74, 6) is 0.157. The van der Waals surface area contributed by atoms with Crippen molar-refractivity contribution in [2.24, 2.45) is 5.92 Å². The first-order chi connectivity index (χ1) is 13.7. The average Bonchev–Trinajstić information content (AvgIpc) is 3.23. The van der Waals surface area contributed by atoms with Crippen molar-refractivity contribution in [2.75, 3.05) is 13.2 Å². The zero-order chi connectivity index (χ0) is 19.3. The Labute approximate surface area is 173 Å². The molecule has 2 atom stereocenters. The molecule has 2 aromatic carbocycles. The fourth-order valence-electron chi connectivity index (χ4n) is 3.51. The average molecular weight is 413 g/mol. The van der Waals surface area contributed by atoms with Gasteiger partial charge in [-0.2, -0.15) is 0 Å². The van der Waals surface area contributed by atoms with Gasteiger partial charge in [0.15, 0.2) is 0 Å². The van der Waals surface area contributed by atoms with Crippen LogP contribution in [0.2, 0.25) is 5.02 Å². The van der Waals surface area contributed by atoms with Crippen LogP contribution in [0, 0.1) is 5.92 Å². The van der Waals surface area contributed by atoms with Crippen LogP contribution in [0.25, 0.3) is 10.6 Å². The van der Waals surface area contributed by atoms with Gasteiger partial charge in [0.25, 0.3) is 5.91 Å². The van der Waals surface area contributed by atoms with Gasteiger partial charge in [-0.3, -0.25) is 4.79 Å². The third-order valence-electron chi connectivity index (χ3n) is 4.93. The summed E-state index contributed by atoms with van der Waals surface area (Å²) in [6.07, 6.45) is 3.69. The molecule has 1 aromatic heterocycles. The summed E-state index contributed by atoms with van der Waals surface area (Å²) >= 11 is 7.59. The van der Waals surface area contributed by atoms with Gasteiger partial charge in [-0.1, -0.05) is 60.1 Å². The van der Waals surface area contributed by atoms with Crippen LogP contribution in [0.1, 0.15) is 34.2 Å². The molecule has 0 aliphatic carbocycles. The third-order valence-corrected chi connectivity index (χ3v) is 6.29. The SMILES string of the molecule is O=C(NCC1CCCOC1c1ccccc1)c1cnc(-c2ccccc2Cl)s1. The number of hydrogen-bond donors (Lipinski definition) is 1. The number of halogens is 1. The molecule has 0 radical (unpaired) electrons. The van der Waals surface area contributed by atoms with Gasteiger partial charge in [-0.25, -0.2) is 4.98 Å². The Hall–Kier alpha value is -2.21. The Balaban J connectivity index is 1.42. The third kappa shape index (κ3) is 4.27. The molecule has 0 bridgehead atoms. The van der Waals surface area contributed by atoms with Gasteiger partial charge in [0, 0.05) is 24.6 Å². The van der Waals surface area contributed by atoms with E-state index in [0.717, 1.165) is 30.0 Å². The number of carbonyl (C=O) groups excluding carboxylic acids is 1. The van der Waals surface area contributed by atoms with Gasteiger partial charge in [0.05, 0.1) is 17.3 Å². The van der Waals surface area contributed by atoms with Crippen LogP contribution < -0.4 is 5.32 Å². The number of carbonyl (C=O) groups is 1. The Morgan fingerprint density at radius 2 is 1.96 bits per heavy atom. The molecule has 1 aliphatic rings. The van der Waals surface area contributed by atoms with Crippen LogP contribution in [0.3, 0.4) is 0 Å². The fraction of sp³-hybridized carbons (Fsp3) is 0.273. The van der Waals surface area contributed by atoms with E-state index < -0.39 is 0 Å². The molecule has 2 heterocycles. The van der Waals surface area contributed by atoms with E-state index in [1.807, 2.05) is 42.5 Å². The summed E-state index contributed by atoms with van der Waals surface area (Å²) in [6, 6.07) is 17.7. The number of nitrogens with zero attached hydrogens (tertiary/aromatic N) is 1. The zero-order valence-corrected chi connectivity index (χ0v) is 16.9. The van der Waals surface area contributed by atoms with Gasteiger partial charge in [0.2, 0.25) is 0 Å². The second-order valence-electron chi connectivity index (χ2n) is 6.82. The van der Waals surface area contributed by atoms with Gasteiger partial charge in [-0.05, 0) is 24.5 Å². The number of benzene rings is 2. The monoisotopic (exact) mass is 412 g/mol. The van der Waals surface area contributed by atoms with E-state index in [0.29, 0.717) is 16.4 Å².